The Bertz CT molecular complexity index is 1600. The molecule has 39 heavy (non-hydrogen) atoms. The number of hydrogen-bond acceptors (Lipinski definition) is 8. The molecule has 0 N–H and O–H groups in total. The number of benzene rings is 2. The fraction of sp³-hybridized carbons (Fsp3) is 0.276. The van der Waals surface area contributed by atoms with Crippen LogP contribution in [0.5, 0.6) is 5.75 Å². The molecule has 3 aromatic rings. The third-order valence-electron chi connectivity index (χ3n) is 6.21. The molecule has 0 fully saturated rings. The molecule has 2 aromatic carbocycles. The van der Waals surface area contributed by atoms with E-state index in [-0.39, 0.29) is 22.4 Å². The lowest BCUT2D eigenvalue weighted by Gasteiger charge is -2.24. The first-order valence-electron chi connectivity index (χ1n) is 12.6. The number of rotatable bonds is 11. The molecule has 0 spiro atoms. The summed E-state index contributed by atoms with van der Waals surface area (Å²) in [5.41, 5.74) is 1.11. The number of nitro groups is 1. The smallest absolute Gasteiger partial charge is 0.338 e. The van der Waals surface area contributed by atoms with Gasteiger partial charge in [0.2, 0.25) is 0 Å². The van der Waals surface area contributed by atoms with Gasteiger partial charge in [-0.3, -0.25) is 19.5 Å². The number of nitro benzene ring substituents is 1. The molecule has 0 bridgehead atoms. The number of unbranched alkanes of at least 4 members (excludes halogenated alkanes) is 2. The SMILES string of the molecule is C=CCOC(=O)C1=C(C)N=c2sc(=Cc3ccccc3[N+](=O)[O-])c(=O)n2C1c1ccc(OCCCCC)cc1. The number of fused-ring (bicyclic) bond motifs is 1. The van der Waals surface area contributed by atoms with Gasteiger partial charge in [0.1, 0.15) is 12.4 Å². The zero-order valence-corrected chi connectivity index (χ0v) is 22.6. The molecule has 0 amide bonds. The molecule has 10 heteroatoms. The molecule has 2 heterocycles. The molecular weight excluding hydrogens is 518 g/mol. The van der Waals surface area contributed by atoms with E-state index in [1.165, 1.54) is 22.8 Å². The van der Waals surface area contributed by atoms with E-state index in [4.69, 9.17) is 9.47 Å². The van der Waals surface area contributed by atoms with Gasteiger partial charge in [-0.25, -0.2) is 9.79 Å². The normalized spacial score (nSPS) is 14.9. The molecule has 1 aliphatic rings. The van der Waals surface area contributed by atoms with Gasteiger partial charge >= 0.3 is 5.97 Å². The molecule has 1 atom stereocenters. The van der Waals surface area contributed by atoms with Gasteiger partial charge in [0.05, 0.1) is 38.9 Å². The predicted molar refractivity (Wildman–Crippen MR) is 149 cm³/mol. The van der Waals surface area contributed by atoms with Crippen molar-refractivity contribution >= 4 is 29.1 Å². The molecule has 202 valence electrons. The lowest BCUT2D eigenvalue weighted by Crippen LogP contribution is -2.39. The number of esters is 1. The molecule has 9 nitrogen and oxygen atoms in total. The van der Waals surface area contributed by atoms with E-state index in [9.17, 15) is 19.7 Å². The van der Waals surface area contributed by atoms with Crippen LogP contribution in [-0.2, 0) is 9.53 Å². The van der Waals surface area contributed by atoms with Crippen LogP contribution in [0, 0.1) is 10.1 Å². The summed E-state index contributed by atoms with van der Waals surface area (Å²) in [7, 11) is 0. The van der Waals surface area contributed by atoms with Crippen LogP contribution in [0.2, 0.25) is 0 Å². The van der Waals surface area contributed by atoms with Gasteiger partial charge < -0.3 is 9.47 Å². The standard InChI is InChI=1S/C29H29N3O6S/c1-4-6-9-17-37-22-14-12-20(13-15-22)26-25(28(34)38-16-5-2)19(3)30-29-31(26)27(33)24(39-29)18-21-10-7-8-11-23(21)32(35)36/h5,7-8,10-15,18,26H,2,4,6,9,16-17H2,1,3H3. The second-order valence-corrected chi connectivity index (χ2v) is 9.92. The lowest BCUT2D eigenvalue weighted by atomic mass is 9.96. The number of allylic oxidation sites excluding steroid dienone is 1. The summed E-state index contributed by atoms with van der Waals surface area (Å²) in [4.78, 5) is 42.8. The van der Waals surface area contributed by atoms with Gasteiger partial charge in [0.25, 0.3) is 11.2 Å². The van der Waals surface area contributed by atoms with E-state index < -0.39 is 22.5 Å². The molecule has 1 aromatic heterocycles. The Kier molecular flexibility index (Phi) is 8.88. The third kappa shape index (κ3) is 6.06. The number of carbonyl (C=O) groups excluding carboxylic acids is 1. The third-order valence-corrected chi connectivity index (χ3v) is 7.19. The van der Waals surface area contributed by atoms with E-state index in [0.29, 0.717) is 34.0 Å². The van der Waals surface area contributed by atoms with E-state index >= 15 is 0 Å². The molecule has 0 saturated carbocycles. The van der Waals surface area contributed by atoms with Crippen LogP contribution in [-0.4, -0.2) is 28.7 Å². The number of aromatic nitrogens is 1. The summed E-state index contributed by atoms with van der Waals surface area (Å²) in [6, 6.07) is 12.7. The van der Waals surface area contributed by atoms with Crippen molar-refractivity contribution in [2.24, 2.45) is 4.99 Å². The largest absolute Gasteiger partial charge is 0.494 e. The van der Waals surface area contributed by atoms with E-state index in [2.05, 4.69) is 18.5 Å². The van der Waals surface area contributed by atoms with Crippen molar-refractivity contribution in [2.75, 3.05) is 13.2 Å². The van der Waals surface area contributed by atoms with Crippen LogP contribution >= 0.6 is 11.3 Å². The first kappa shape index (κ1) is 27.7. The number of thiazole rings is 1. The van der Waals surface area contributed by atoms with Crippen molar-refractivity contribution < 1.29 is 19.2 Å². The van der Waals surface area contributed by atoms with E-state index in [1.54, 1.807) is 25.1 Å². The summed E-state index contributed by atoms with van der Waals surface area (Å²) in [6.07, 6.45) is 6.09. The molecule has 0 aliphatic carbocycles. The summed E-state index contributed by atoms with van der Waals surface area (Å²) in [6.45, 7) is 8.03. The fourth-order valence-corrected chi connectivity index (χ4v) is 5.35. The van der Waals surface area contributed by atoms with Crippen LogP contribution < -0.4 is 19.6 Å². The van der Waals surface area contributed by atoms with E-state index in [1.807, 2.05) is 24.3 Å². The van der Waals surface area contributed by atoms with Gasteiger partial charge in [-0.2, -0.15) is 0 Å². The summed E-state index contributed by atoms with van der Waals surface area (Å²) in [5.74, 6) is 0.0872. The van der Waals surface area contributed by atoms with Crippen LogP contribution in [0.3, 0.4) is 0 Å². The van der Waals surface area contributed by atoms with Gasteiger partial charge in [0, 0.05) is 6.07 Å². The van der Waals surface area contributed by atoms with Crippen LogP contribution in [0.1, 0.15) is 50.3 Å². The van der Waals surface area contributed by atoms with Gasteiger partial charge in [0.15, 0.2) is 4.80 Å². The maximum atomic E-state index is 13.7. The summed E-state index contributed by atoms with van der Waals surface area (Å²) in [5, 5.41) is 11.5. The Morgan fingerprint density at radius 1 is 1.21 bits per heavy atom. The van der Waals surface area contributed by atoms with Gasteiger partial charge in [-0.1, -0.05) is 68.0 Å². The minimum atomic E-state index is -0.805. The van der Waals surface area contributed by atoms with Crippen molar-refractivity contribution in [3.8, 4) is 5.75 Å². The Morgan fingerprint density at radius 2 is 1.95 bits per heavy atom. The topological polar surface area (TPSA) is 113 Å². The Hall–Kier alpha value is -4.31. The average Bonchev–Trinajstić information content (AvgIpc) is 3.23. The lowest BCUT2D eigenvalue weighted by molar-refractivity contribution is -0.385. The number of hydrogen-bond donors (Lipinski definition) is 0. The van der Waals surface area contributed by atoms with Crippen molar-refractivity contribution in [3.05, 3.63) is 113 Å². The number of nitrogens with zero attached hydrogens (tertiary/aromatic N) is 3. The van der Waals surface area contributed by atoms with Crippen molar-refractivity contribution in [3.63, 3.8) is 0 Å². The number of carbonyl (C=O) groups is 1. The van der Waals surface area contributed by atoms with Crippen molar-refractivity contribution in [1.29, 1.82) is 0 Å². The second kappa shape index (κ2) is 12.5. The minimum absolute atomic E-state index is 0.00890. The van der Waals surface area contributed by atoms with Crippen molar-refractivity contribution in [1.82, 2.24) is 4.57 Å². The highest BCUT2D eigenvalue weighted by molar-refractivity contribution is 7.07. The quantitative estimate of drug-likeness (QED) is 0.115. The molecule has 0 saturated heterocycles. The highest BCUT2D eigenvalue weighted by Crippen LogP contribution is 2.31. The number of ether oxygens (including phenoxy) is 2. The molecule has 0 radical (unpaired) electrons. The Morgan fingerprint density at radius 3 is 2.64 bits per heavy atom. The van der Waals surface area contributed by atoms with Crippen LogP contribution in [0.4, 0.5) is 5.69 Å². The Labute approximate surface area is 229 Å². The molecule has 1 aliphatic heterocycles. The zero-order valence-electron chi connectivity index (χ0n) is 21.8. The van der Waals surface area contributed by atoms with Crippen LogP contribution in [0.15, 0.2) is 82.2 Å². The predicted octanol–water partition coefficient (Wildman–Crippen LogP) is 4.44. The Balaban J connectivity index is 1.82. The molecule has 4 rings (SSSR count). The van der Waals surface area contributed by atoms with Gasteiger partial charge in [-0.15, -0.1) is 0 Å². The summed E-state index contributed by atoms with van der Waals surface area (Å²) >= 11 is 1.11. The monoisotopic (exact) mass is 547 g/mol. The zero-order chi connectivity index (χ0) is 27.9. The first-order valence-corrected chi connectivity index (χ1v) is 13.4. The molecule has 1 unspecified atom stereocenters. The summed E-state index contributed by atoms with van der Waals surface area (Å²) < 4.78 is 12.9. The first-order chi connectivity index (χ1) is 18.8. The van der Waals surface area contributed by atoms with Crippen LogP contribution in [0.25, 0.3) is 6.08 Å². The highest BCUT2D eigenvalue weighted by atomic mass is 32.1. The van der Waals surface area contributed by atoms with Crippen molar-refractivity contribution in [2.45, 2.75) is 39.2 Å². The van der Waals surface area contributed by atoms with E-state index in [0.717, 1.165) is 30.6 Å². The second-order valence-electron chi connectivity index (χ2n) is 8.91. The number of para-hydroxylation sites is 1. The molecular formula is C29H29N3O6S. The maximum Gasteiger partial charge on any atom is 0.338 e. The average molecular weight is 548 g/mol. The minimum Gasteiger partial charge on any atom is -0.494 e. The highest BCUT2D eigenvalue weighted by Gasteiger charge is 2.33. The fourth-order valence-electron chi connectivity index (χ4n) is 4.32. The maximum absolute atomic E-state index is 13.7. The van der Waals surface area contributed by atoms with Gasteiger partial charge in [-0.05, 0) is 43.2 Å².